The molecule has 132 valence electrons. The van der Waals surface area contributed by atoms with Gasteiger partial charge < -0.3 is 15.3 Å². The maximum Gasteiger partial charge on any atom is 0.117 e. The number of phenolic OH excluding ortho intramolecular Hbond substituents is 1. The Morgan fingerprint density at radius 1 is 1.33 bits per heavy atom. The molecule has 0 aliphatic carbocycles. The minimum absolute atomic E-state index is 0.104. The van der Waals surface area contributed by atoms with Crippen LogP contribution in [0.5, 0.6) is 5.75 Å². The van der Waals surface area contributed by atoms with Crippen molar-refractivity contribution in [2.45, 2.75) is 45.6 Å². The molecule has 0 saturated carbocycles. The predicted octanol–water partition coefficient (Wildman–Crippen LogP) is 4.87. The van der Waals surface area contributed by atoms with Crippen LogP contribution in [0.4, 0.5) is 0 Å². The number of phenols is 1. The Kier molecular flexibility index (Phi) is 8.83. The first kappa shape index (κ1) is 20.5. The van der Waals surface area contributed by atoms with Gasteiger partial charge in [-0.25, -0.2) is 0 Å². The summed E-state index contributed by atoms with van der Waals surface area (Å²) in [6.45, 7) is 7.94. The molecule has 4 heteroatoms. The largest absolute Gasteiger partial charge is 0.508 e. The van der Waals surface area contributed by atoms with Crippen LogP contribution >= 0.6 is 11.6 Å². The van der Waals surface area contributed by atoms with Crippen LogP contribution in [0, 0.1) is 0 Å². The molecule has 0 aliphatic rings. The second kappa shape index (κ2) is 10.3. The predicted molar refractivity (Wildman–Crippen MR) is 101 cm³/mol. The molecule has 0 heterocycles. The van der Waals surface area contributed by atoms with E-state index < -0.39 is 6.10 Å². The zero-order valence-corrected chi connectivity index (χ0v) is 15.2. The van der Waals surface area contributed by atoms with Gasteiger partial charge in [0, 0.05) is 0 Å². The summed E-state index contributed by atoms with van der Waals surface area (Å²) in [6, 6.07) is 4.86. The van der Waals surface area contributed by atoms with Crippen LogP contribution in [0.15, 0.2) is 47.6 Å². The van der Waals surface area contributed by atoms with Gasteiger partial charge in [0.1, 0.15) is 5.75 Å². The lowest BCUT2D eigenvalue weighted by Crippen LogP contribution is -2.13. The fourth-order valence-electron chi connectivity index (χ4n) is 2.55. The van der Waals surface area contributed by atoms with Gasteiger partial charge in [-0.15, -0.1) is 0 Å². The van der Waals surface area contributed by atoms with E-state index in [2.05, 4.69) is 13.5 Å². The SMILES string of the molecule is C=C(CCC)/C(=C/CO)C(O)CC/C(C)=C/c1ccc(O)cc1Cl. The van der Waals surface area contributed by atoms with E-state index in [1.54, 1.807) is 18.2 Å². The van der Waals surface area contributed by atoms with Crippen molar-refractivity contribution in [1.29, 1.82) is 0 Å². The number of allylic oxidation sites excluding steroid dienone is 1. The van der Waals surface area contributed by atoms with E-state index in [9.17, 15) is 10.2 Å². The van der Waals surface area contributed by atoms with Gasteiger partial charge in [0.2, 0.25) is 0 Å². The molecule has 3 nitrogen and oxygen atoms in total. The first-order valence-electron chi connectivity index (χ1n) is 8.21. The molecule has 1 aromatic rings. The zero-order chi connectivity index (χ0) is 18.1. The fraction of sp³-hybridized carbons (Fsp3) is 0.400. The van der Waals surface area contributed by atoms with E-state index in [1.165, 1.54) is 6.07 Å². The van der Waals surface area contributed by atoms with Crippen molar-refractivity contribution < 1.29 is 15.3 Å². The van der Waals surface area contributed by atoms with Crippen LogP contribution in [0.2, 0.25) is 5.02 Å². The van der Waals surface area contributed by atoms with Gasteiger partial charge in [-0.1, -0.05) is 49.2 Å². The van der Waals surface area contributed by atoms with E-state index in [-0.39, 0.29) is 12.4 Å². The quantitative estimate of drug-likeness (QED) is 0.557. The highest BCUT2D eigenvalue weighted by atomic mass is 35.5. The van der Waals surface area contributed by atoms with Crippen molar-refractivity contribution in [2.75, 3.05) is 6.61 Å². The van der Waals surface area contributed by atoms with Crippen LogP contribution in [-0.4, -0.2) is 28.0 Å². The number of aliphatic hydroxyl groups excluding tert-OH is 2. The summed E-state index contributed by atoms with van der Waals surface area (Å²) in [7, 11) is 0. The molecular formula is C20H27ClO3. The molecule has 1 rings (SSSR count). The number of rotatable bonds is 9. The summed E-state index contributed by atoms with van der Waals surface area (Å²) in [5, 5.41) is 29.4. The van der Waals surface area contributed by atoms with Crippen molar-refractivity contribution in [3.63, 3.8) is 0 Å². The van der Waals surface area contributed by atoms with E-state index in [0.717, 1.165) is 35.1 Å². The topological polar surface area (TPSA) is 60.7 Å². The van der Waals surface area contributed by atoms with Gasteiger partial charge in [-0.2, -0.15) is 0 Å². The molecule has 0 radical (unpaired) electrons. The first-order chi connectivity index (χ1) is 11.4. The third-order valence-electron chi connectivity index (χ3n) is 3.83. The highest BCUT2D eigenvalue weighted by molar-refractivity contribution is 6.32. The minimum Gasteiger partial charge on any atom is -0.508 e. The highest BCUT2D eigenvalue weighted by Crippen LogP contribution is 2.26. The van der Waals surface area contributed by atoms with Gasteiger partial charge in [-0.05, 0) is 61.1 Å². The Hall–Kier alpha value is -1.55. The zero-order valence-electron chi connectivity index (χ0n) is 14.4. The van der Waals surface area contributed by atoms with E-state index in [4.69, 9.17) is 16.7 Å². The van der Waals surface area contributed by atoms with Gasteiger partial charge >= 0.3 is 0 Å². The first-order valence-corrected chi connectivity index (χ1v) is 8.59. The standard InChI is InChI=1S/C20H27ClO3/c1-4-5-15(3)18(10-11-22)20(24)9-6-14(2)12-16-7-8-17(23)13-19(16)21/h7-8,10,12-13,20,22-24H,3-6,9,11H2,1-2H3/b14-12+,18-10-. The van der Waals surface area contributed by atoms with Gasteiger partial charge in [0.05, 0.1) is 17.7 Å². The summed E-state index contributed by atoms with van der Waals surface area (Å²) in [5.41, 5.74) is 3.52. The van der Waals surface area contributed by atoms with Crippen molar-refractivity contribution in [2.24, 2.45) is 0 Å². The highest BCUT2D eigenvalue weighted by Gasteiger charge is 2.13. The number of aromatic hydroxyl groups is 1. The normalized spacial score (nSPS) is 13.9. The van der Waals surface area contributed by atoms with E-state index in [0.29, 0.717) is 17.9 Å². The van der Waals surface area contributed by atoms with Crippen LogP contribution < -0.4 is 0 Å². The molecule has 0 bridgehead atoms. The van der Waals surface area contributed by atoms with Crippen molar-refractivity contribution in [3.8, 4) is 5.75 Å². The summed E-state index contributed by atoms with van der Waals surface area (Å²) in [4.78, 5) is 0. The number of hydrogen-bond donors (Lipinski definition) is 3. The molecule has 24 heavy (non-hydrogen) atoms. The van der Waals surface area contributed by atoms with Gasteiger partial charge in [0.15, 0.2) is 0 Å². The third-order valence-corrected chi connectivity index (χ3v) is 4.16. The summed E-state index contributed by atoms with van der Waals surface area (Å²) < 4.78 is 0. The Labute approximate surface area is 149 Å². The smallest absolute Gasteiger partial charge is 0.117 e. The van der Waals surface area contributed by atoms with Crippen molar-refractivity contribution >= 4 is 17.7 Å². The van der Waals surface area contributed by atoms with Crippen LogP contribution in [0.25, 0.3) is 6.08 Å². The fourth-order valence-corrected chi connectivity index (χ4v) is 2.78. The number of aliphatic hydroxyl groups is 2. The summed E-state index contributed by atoms with van der Waals surface area (Å²) in [6.07, 6.45) is 5.94. The lowest BCUT2D eigenvalue weighted by Gasteiger charge is -2.17. The van der Waals surface area contributed by atoms with Crippen LogP contribution in [0.3, 0.4) is 0 Å². The third kappa shape index (κ3) is 6.52. The Bertz CT molecular complexity index is 617. The van der Waals surface area contributed by atoms with E-state index >= 15 is 0 Å². The Morgan fingerprint density at radius 3 is 2.62 bits per heavy atom. The van der Waals surface area contributed by atoms with Crippen LogP contribution in [0.1, 0.15) is 45.1 Å². The maximum absolute atomic E-state index is 10.4. The summed E-state index contributed by atoms with van der Waals surface area (Å²) in [5.74, 6) is 0.137. The molecule has 0 saturated heterocycles. The average Bonchev–Trinajstić information content (AvgIpc) is 2.53. The number of halogens is 1. The molecule has 1 atom stereocenters. The lowest BCUT2D eigenvalue weighted by atomic mass is 9.93. The molecule has 0 spiro atoms. The molecule has 0 amide bonds. The Morgan fingerprint density at radius 2 is 2.04 bits per heavy atom. The molecule has 0 fully saturated rings. The molecule has 0 aromatic heterocycles. The van der Waals surface area contributed by atoms with Crippen molar-refractivity contribution in [1.82, 2.24) is 0 Å². The monoisotopic (exact) mass is 350 g/mol. The van der Waals surface area contributed by atoms with Gasteiger partial charge in [-0.3, -0.25) is 0 Å². The number of benzene rings is 1. The molecule has 1 unspecified atom stereocenters. The van der Waals surface area contributed by atoms with Gasteiger partial charge in [0.25, 0.3) is 0 Å². The second-order valence-corrected chi connectivity index (χ2v) is 6.35. The summed E-state index contributed by atoms with van der Waals surface area (Å²) >= 11 is 6.10. The molecule has 0 aliphatic heterocycles. The Balaban J connectivity index is 2.73. The van der Waals surface area contributed by atoms with Crippen molar-refractivity contribution in [3.05, 3.63) is 58.2 Å². The average molecular weight is 351 g/mol. The molecule has 3 N–H and O–H groups in total. The second-order valence-electron chi connectivity index (χ2n) is 5.95. The molecular weight excluding hydrogens is 324 g/mol. The van der Waals surface area contributed by atoms with Crippen LogP contribution in [-0.2, 0) is 0 Å². The minimum atomic E-state index is -0.644. The van der Waals surface area contributed by atoms with E-state index in [1.807, 2.05) is 13.0 Å². The number of hydrogen-bond acceptors (Lipinski definition) is 3. The lowest BCUT2D eigenvalue weighted by molar-refractivity contribution is 0.200. The molecule has 1 aromatic carbocycles. The maximum atomic E-state index is 10.4.